The van der Waals surface area contributed by atoms with Crippen molar-refractivity contribution in [2.24, 2.45) is 5.92 Å². The maximum Gasteiger partial charge on any atom is 0.254 e. The van der Waals surface area contributed by atoms with Crippen LogP contribution in [0.2, 0.25) is 0 Å². The summed E-state index contributed by atoms with van der Waals surface area (Å²) >= 11 is 1.28. The molecule has 3 rings (SSSR count). The van der Waals surface area contributed by atoms with E-state index in [-0.39, 0.29) is 36.7 Å². The van der Waals surface area contributed by atoms with Crippen LogP contribution in [0.15, 0.2) is 35.7 Å². The fourth-order valence-electron chi connectivity index (χ4n) is 2.99. The van der Waals surface area contributed by atoms with Gasteiger partial charge in [0, 0.05) is 23.5 Å². The van der Waals surface area contributed by atoms with Gasteiger partial charge in [-0.15, -0.1) is 11.3 Å². The molecule has 1 heterocycles. The van der Waals surface area contributed by atoms with Crippen LogP contribution in [0.1, 0.15) is 49.2 Å². The molecule has 0 unspecified atom stereocenters. The minimum Gasteiger partial charge on any atom is -0.356 e. The zero-order valence-electron chi connectivity index (χ0n) is 17.4. The van der Waals surface area contributed by atoms with Gasteiger partial charge in [-0.3, -0.25) is 14.4 Å². The van der Waals surface area contributed by atoms with Gasteiger partial charge in [0.15, 0.2) is 5.13 Å². The molecule has 1 saturated carbocycles. The summed E-state index contributed by atoms with van der Waals surface area (Å²) in [5.41, 5.74) is 1.20. The number of hydrogen-bond acceptors (Lipinski definition) is 5. The quantitative estimate of drug-likeness (QED) is 0.608. The van der Waals surface area contributed by atoms with Gasteiger partial charge in [-0.25, -0.2) is 4.98 Å². The van der Waals surface area contributed by atoms with Crippen LogP contribution in [0.4, 0.5) is 5.13 Å². The Morgan fingerprint density at radius 2 is 1.90 bits per heavy atom. The third-order valence-corrected chi connectivity index (χ3v) is 5.57. The molecule has 3 amide bonds. The number of benzene rings is 1. The molecule has 160 valence electrons. The van der Waals surface area contributed by atoms with Gasteiger partial charge < -0.3 is 15.5 Å². The molecule has 0 saturated heterocycles. The van der Waals surface area contributed by atoms with Crippen LogP contribution >= 0.6 is 11.3 Å². The molecule has 0 aliphatic heterocycles. The second-order valence-electron chi connectivity index (χ2n) is 7.93. The van der Waals surface area contributed by atoms with E-state index in [4.69, 9.17) is 0 Å². The Morgan fingerprint density at radius 1 is 1.17 bits per heavy atom. The lowest BCUT2D eigenvalue weighted by Crippen LogP contribution is -2.39. The smallest absolute Gasteiger partial charge is 0.254 e. The summed E-state index contributed by atoms with van der Waals surface area (Å²) < 4.78 is 0. The molecule has 0 spiro atoms. The second kappa shape index (κ2) is 10.3. The van der Waals surface area contributed by atoms with Crippen molar-refractivity contribution in [3.63, 3.8) is 0 Å². The van der Waals surface area contributed by atoms with Gasteiger partial charge in [-0.1, -0.05) is 32.0 Å². The van der Waals surface area contributed by atoms with E-state index in [0.717, 1.165) is 19.3 Å². The monoisotopic (exact) mass is 428 g/mol. The van der Waals surface area contributed by atoms with Crippen molar-refractivity contribution in [3.05, 3.63) is 47.0 Å². The van der Waals surface area contributed by atoms with Gasteiger partial charge in [0.2, 0.25) is 11.8 Å². The molecule has 1 aliphatic rings. The molecule has 2 aromatic rings. The van der Waals surface area contributed by atoms with Crippen LogP contribution in [0.5, 0.6) is 0 Å². The first kappa shape index (κ1) is 22.0. The number of rotatable bonds is 10. The minimum absolute atomic E-state index is 0.0109. The molecule has 8 heteroatoms. The molecule has 0 radical (unpaired) electrons. The average Bonchev–Trinajstić information content (AvgIpc) is 3.47. The van der Waals surface area contributed by atoms with E-state index >= 15 is 0 Å². The lowest BCUT2D eigenvalue weighted by molar-refractivity contribution is -0.120. The highest BCUT2D eigenvalue weighted by atomic mass is 32.1. The number of thiazole rings is 1. The number of nitrogens with one attached hydrogen (secondary N) is 2. The molecule has 0 atom stereocenters. The van der Waals surface area contributed by atoms with Gasteiger partial charge in [0.25, 0.3) is 5.91 Å². The van der Waals surface area contributed by atoms with Crippen molar-refractivity contribution in [1.82, 2.24) is 15.2 Å². The molecule has 1 fully saturated rings. The second-order valence-corrected chi connectivity index (χ2v) is 8.79. The van der Waals surface area contributed by atoms with Crippen LogP contribution in [0.3, 0.4) is 0 Å². The van der Waals surface area contributed by atoms with Crippen molar-refractivity contribution < 1.29 is 14.4 Å². The van der Waals surface area contributed by atoms with Gasteiger partial charge >= 0.3 is 0 Å². The number of carbonyl (C=O) groups is 3. The Bertz CT molecular complexity index is 878. The van der Waals surface area contributed by atoms with E-state index in [1.54, 1.807) is 22.4 Å². The molecule has 1 aliphatic carbocycles. The van der Waals surface area contributed by atoms with Crippen LogP contribution in [0, 0.1) is 5.92 Å². The van der Waals surface area contributed by atoms with Crippen LogP contribution < -0.4 is 10.6 Å². The molecule has 30 heavy (non-hydrogen) atoms. The average molecular weight is 429 g/mol. The van der Waals surface area contributed by atoms with Crippen molar-refractivity contribution in [2.45, 2.75) is 45.6 Å². The fraction of sp³-hybridized carbons (Fsp3) is 0.455. The summed E-state index contributed by atoms with van der Waals surface area (Å²) in [5, 5.41) is 7.84. The standard InChI is InChI=1S/C22H28N4O3S/c1-15(2)10-11-23-19(27)12-17-14-30-22(24-17)25-20(28)13-26(18-8-9-18)21(29)16-6-4-3-5-7-16/h3-7,14-15,18H,8-13H2,1-2H3,(H,23,27)(H,24,25,28). The number of aromatic nitrogens is 1. The largest absolute Gasteiger partial charge is 0.356 e. The number of amides is 3. The summed E-state index contributed by atoms with van der Waals surface area (Å²) in [6.45, 7) is 4.86. The van der Waals surface area contributed by atoms with Crippen LogP contribution in [-0.4, -0.2) is 46.7 Å². The van der Waals surface area contributed by atoms with Crippen molar-refractivity contribution in [2.75, 3.05) is 18.4 Å². The Balaban J connectivity index is 1.51. The predicted octanol–water partition coefficient (Wildman–Crippen LogP) is 3.09. The van der Waals surface area contributed by atoms with E-state index < -0.39 is 0 Å². The molecule has 0 bridgehead atoms. The maximum absolute atomic E-state index is 12.8. The highest BCUT2D eigenvalue weighted by Crippen LogP contribution is 2.28. The van der Waals surface area contributed by atoms with E-state index in [2.05, 4.69) is 29.5 Å². The van der Waals surface area contributed by atoms with E-state index in [0.29, 0.717) is 28.9 Å². The number of hydrogen-bond donors (Lipinski definition) is 2. The first-order valence-electron chi connectivity index (χ1n) is 10.3. The lowest BCUT2D eigenvalue weighted by atomic mass is 10.1. The van der Waals surface area contributed by atoms with E-state index in [1.165, 1.54) is 11.3 Å². The summed E-state index contributed by atoms with van der Waals surface area (Å²) in [6.07, 6.45) is 2.95. The Morgan fingerprint density at radius 3 is 2.57 bits per heavy atom. The fourth-order valence-corrected chi connectivity index (χ4v) is 3.71. The molecular formula is C22H28N4O3S. The first-order valence-corrected chi connectivity index (χ1v) is 11.2. The van der Waals surface area contributed by atoms with Crippen molar-refractivity contribution >= 4 is 34.2 Å². The summed E-state index contributed by atoms with van der Waals surface area (Å²) in [5.74, 6) is 0.0437. The zero-order chi connectivity index (χ0) is 21.5. The maximum atomic E-state index is 12.8. The molecule has 1 aromatic carbocycles. The Kier molecular flexibility index (Phi) is 7.57. The summed E-state index contributed by atoms with van der Waals surface area (Å²) in [7, 11) is 0. The normalized spacial score (nSPS) is 13.2. The zero-order valence-corrected chi connectivity index (χ0v) is 18.2. The number of anilines is 1. The molecule has 7 nitrogen and oxygen atoms in total. The van der Waals surface area contributed by atoms with Crippen molar-refractivity contribution in [3.8, 4) is 0 Å². The minimum atomic E-state index is -0.284. The van der Waals surface area contributed by atoms with Gasteiger partial charge in [0.05, 0.1) is 12.1 Å². The predicted molar refractivity (Wildman–Crippen MR) is 117 cm³/mol. The first-order chi connectivity index (χ1) is 14.4. The van der Waals surface area contributed by atoms with Gasteiger partial charge in [0.1, 0.15) is 6.54 Å². The molecular weight excluding hydrogens is 400 g/mol. The third kappa shape index (κ3) is 6.66. The summed E-state index contributed by atoms with van der Waals surface area (Å²) in [6, 6.07) is 9.12. The summed E-state index contributed by atoms with van der Waals surface area (Å²) in [4.78, 5) is 43.2. The number of nitrogens with zero attached hydrogens (tertiary/aromatic N) is 2. The highest BCUT2D eigenvalue weighted by molar-refractivity contribution is 7.13. The molecule has 1 aromatic heterocycles. The SMILES string of the molecule is CC(C)CCNC(=O)Cc1csc(NC(=O)CN(C(=O)c2ccccc2)C2CC2)n1. The highest BCUT2D eigenvalue weighted by Gasteiger charge is 2.34. The van der Waals surface area contributed by atoms with E-state index in [9.17, 15) is 14.4 Å². The van der Waals surface area contributed by atoms with Gasteiger partial charge in [-0.05, 0) is 37.3 Å². The molecule has 2 N–H and O–H groups in total. The van der Waals surface area contributed by atoms with Crippen LogP contribution in [0.25, 0.3) is 0 Å². The topological polar surface area (TPSA) is 91.4 Å². The Labute approximate surface area is 180 Å². The van der Waals surface area contributed by atoms with Gasteiger partial charge in [-0.2, -0.15) is 0 Å². The van der Waals surface area contributed by atoms with Crippen molar-refractivity contribution in [1.29, 1.82) is 0 Å². The third-order valence-electron chi connectivity index (χ3n) is 4.77. The van der Waals surface area contributed by atoms with Crippen LogP contribution in [-0.2, 0) is 16.0 Å². The number of carbonyl (C=O) groups excluding carboxylic acids is 3. The lowest BCUT2D eigenvalue weighted by Gasteiger charge is -2.21. The Hall–Kier alpha value is -2.74. The van der Waals surface area contributed by atoms with E-state index in [1.807, 2.05) is 18.2 Å².